The maximum Gasteiger partial charge on any atom is 0.248 e. The lowest BCUT2D eigenvalue weighted by molar-refractivity contribution is 0.1000. The minimum absolute atomic E-state index is 0.368. The number of nitrogens with two attached hydrogens (primary N) is 1. The number of rotatable bonds is 6. The predicted molar refractivity (Wildman–Crippen MR) is 82.1 cm³/mol. The van der Waals surface area contributed by atoms with Crippen molar-refractivity contribution < 1.29 is 4.79 Å². The van der Waals surface area contributed by atoms with Crippen molar-refractivity contribution in [2.45, 2.75) is 13.3 Å². The molecule has 1 amide bonds. The molecule has 1 aromatic rings. The van der Waals surface area contributed by atoms with Crippen LogP contribution in [0.3, 0.4) is 0 Å². The smallest absolute Gasteiger partial charge is 0.248 e. The van der Waals surface area contributed by atoms with Crippen molar-refractivity contribution in [3.8, 4) is 0 Å². The molecule has 1 aromatic carbocycles. The van der Waals surface area contributed by atoms with Crippen LogP contribution >= 0.6 is 0 Å². The fraction of sp³-hybridized carbons (Fsp3) is 0.533. The van der Waals surface area contributed by atoms with Gasteiger partial charge in [0.05, 0.1) is 0 Å². The minimum Gasteiger partial charge on any atom is -0.385 e. The van der Waals surface area contributed by atoms with Crippen LogP contribution in [0.2, 0.25) is 0 Å². The molecule has 0 atom stereocenters. The maximum atomic E-state index is 11.2. The summed E-state index contributed by atoms with van der Waals surface area (Å²) in [6, 6.07) is 5.68. The summed E-state index contributed by atoms with van der Waals surface area (Å²) in [5.74, 6) is -0.368. The highest BCUT2D eigenvalue weighted by atomic mass is 16.1. The fourth-order valence-electron chi connectivity index (χ4n) is 2.52. The summed E-state index contributed by atoms with van der Waals surface area (Å²) in [5.41, 5.74) is 7.86. The van der Waals surface area contributed by atoms with Gasteiger partial charge in [0.2, 0.25) is 5.91 Å². The number of amides is 1. The van der Waals surface area contributed by atoms with Crippen molar-refractivity contribution in [1.29, 1.82) is 0 Å². The first kappa shape index (κ1) is 14.8. The van der Waals surface area contributed by atoms with Gasteiger partial charge in [0.25, 0.3) is 0 Å². The number of anilines is 1. The monoisotopic (exact) mass is 276 g/mol. The van der Waals surface area contributed by atoms with Crippen molar-refractivity contribution in [1.82, 2.24) is 10.2 Å². The number of hydrogen-bond donors (Lipinski definition) is 3. The van der Waals surface area contributed by atoms with E-state index >= 15 is 0 Å². The predicted octanol–water partition coefficient (Wildman–Crippen LogP) is 0.801. The third-order valence-electron chi connectivity index (χ3n) is 3.68. The molecule has 0 radical (unpaired) electrons. The Hall–Kier alpha value is -1.59. The van der Waals surface area contributed by atoms with Crippen molar-refractivity contribution >= 4 is 11.6 Å². The van der Waals surface area contributed by atoms with Crippen LogP contribution in [0, 0.1) is 6.92 Å². The van der Waals surface area contributed by atoms with E-state index in [2.05, 4.69) is 15.5 Å². The molecule has 20 heavy (non-hydrogen) atoms. The second-order valence-corrected chi connectivity index (χ2v) is 5.27. The van der Waals surface area contributed by atoms with E-state index in [1.165, 1.54) is 0 Å². The van der Waals surface area contributed by atoms with Gasteiger partial charge in [-0.1, -0.05) is 0 Å². The molecule has 1 heterocycles. The maximum absolute atomic E-state index is 11.2. The van der Waals surface area contributed by atoms with Crippen LogP contribution < -0.4 is 16.4 Å². The first-order valence-corrected chi connectivity index (χ1v) is 7.24. The minimum atomic E-state index is -0.368. The van der Waals surface area contributed by atoms with Crippen LogP contribution in [0.4, 0.5) is 5.69 Å². The third-order valence-corrected chi connectivity index (χ3v) is 3.68. The second kappa shape index (κ2) is 7.26. The Morgan fingerprint density at radius 3 is 2.80 bits per heavy atom. The van der Waals surface area contributed by atoms with E-state index in [-0.39, 0.29) is 5.91 Å². The van der Waals surface area contributed by atoms with Crippen molar-refractivity contribution in [3.63, 3.8) is 0 Å². The normalized spacial score (nSPS) is 16.1. The van der Waals surface area contributed by atoms with Crippen molar-refractivity contribution in [2.75, 3.05) is 44.6 Å². The van der Waals surface area contributed by atoms with Crippen LogP contribution in [-0.2, 0) is 0 Å². The molecule has 0 bridgehead atoms. The Morgan fingerprint density at radius 1 is 1.40 bits per heavy atom. The Kier molecular flexibility index (Phi) is 5.38. The molecule has 1 aliphatic heterocycles. The Labute approximate surface area is 120 Å². The van der Waals surface area contributed by atoms with Gasteiger partial charge in [-0.05, 0) is 43.7 Å². The average Bonchev–Trinajstić information content (AvgIpc) is 2.44. The Bertz CT molecular complexity index is 455. The molecular weight excluding hydrogens is 252 g/mol. The Morgan fingerprint density at radius 2 is 2.15 bits per heavy atom. The molecule has 0 saturated carbocycles. The van der Waals surface area contributed by atoms with Crippen molar-refractivity contribution in [3.05, 3.63) is 29.3 Å². The summed E-state index contributed by atoms with van der Waals surface area (Å²) >= 11 is 0. The summed E-state index contributed by atoms with van der Waals surface area (Å²) in [7, 11) is 0. The quantitative estimate of drug-likeness (QED) is 0.672. The lowest BCUT2D eigenvalue weighted by Gasteiger charge is -2.27. The van der Waals surface area contributed by atoms with Gasteiger partial charge in [-0.2, -0.15) is 0 Å². The first-order chi connectivity index (χ1) is 9.66. The van der Waals surface area contributed by atoms with E-state index in [4.69, 9.17) is 5.73 Å². The van der Waals surface area contributed by atoms with Gasteiger partial charge in [-0.15, -0.1) is 0 Å². The SMILES string of the molecule is Cc1cc(NCCCN2CCNCC2)ccc1C(N)=O. The van der Waals surface area contributed by atoms with Gasteiger partial charge in [0, 0.05) is 44.0 Å². The van der Waals surface area contributed by atoms with Gasteiger partial charge in [-0.3, -0.25) is 4.79 Å². The number of nitrogens with zero attached hydrogens (tertiary/aromatic N) is 1. The van der Waals surface area contributed by atoms with Gasteiger partial charge in [0.1, 0.15) is 0 Å². The largest absolute Gasteiger partial charge is 0.385 e. The fourth-order valence-corrected chi connectivity index (χ4v) is 2.52. The Balaban J connectivity index is 1.73. The summed E-state index contributed by atoms with van der Waals surface area (Å²) < 4.78 is 0. The molecule has 1 fully saturated rings. The number of carbonyl (C=O) groups is 1. The third kappa shape index (κ3) is 4.21. The van der Waals surface area contributed by atoms with Crippen molar-refractivity contribution in [2.24, 2.45) is 5.73 Å². The van der Waals surface area contributed by atoms with E-state index in [0.717, 1.165) is 56.9 Å². The van der Waals surface area contributed by atoms with E-state index in [0.29, 0.717) is 5.56 Å². The highest BCUT2D eigenvalue weighted by molar-refractivity contribution is 5.94. The topological polar surface area (TPSA) is 70.4 Å². The molecule has 5 heteroatoms. The zero-order chi connectivity index (χ0) is 14.4. The molecule has 1 saturated heterocycles. The molecule has 0 unspecified atom stereocenters. The standard InChI is InChI=1S/C15H24N4O/c1-12-11-13(3-4-14(12)15(16)20)18-5-2-8-19-9-6-17-7-10-19/h3-4,11,17-18H,2,5-10H2,1H3,(H2,16,20). The number of nitrogens with one attached hydrogen (secondary N) is 2. The number of aryl methyl sites for hydroxylation is 1. The molecular formula is C15H24N4O. The van der Waals surface area contributed by atoms with E-state index in [9.17, 15) is 4.79 Å². The summed E-state index contributed by atoms with van der Waals surface area (Å²) in [6.07, 6.45) is 1.12. The molecule has 0 aliphatic carbocycles. The molecule has 4 N–H and O–H groups in total. The van der Waals surface area contributed by atoms with E-state index in [1.54, 1.807) is 6.07 Å². The average molecular weight is 276 g/mol. The first-order valence-electron chi connectivity index (χ1n) is 7.24. The van der Waals surface area contributed by atoms with Gasteiger partial charge >= 0.3 is 0 Å². The number of primary amides is 1. The number of carbonyl (C=O) groups excluding carboxylic acids is 1. The van der Waals surface area contributed by atoms with E-state index < -0.39 is 0 Å². The lowest BCUT2D eigenvalue weighted by Crippen LogP contribution is -2.44. The molecule has 110 valence electrons. The van der Waals surface area contributed by atoms with Crippen LogP contribution in [-0.4, -0.2) is 50.1 Å². The molecule has 2 rings (SSSR count). The summed E-state index contributed by atoms with van der Waals surface area (Å²) in [5, 5.41) is 6.75. The van der Waals surface area contributed by atoms with E-state index in [1.807, 2.05) is 19.1 Å². The van der Waals surface area contributed by atoms with Crippen LogP contribution in [0.5, 0.6) is 0 Å². The van der Waals surface area contributed by atoms with Gasteiger partial charge in [0.15, 0.2) is 0 Å². The zero-order valence-corrected chi connectivity index (χ0v) is 12.1. The van der Waals surface area contributed by atoms with Crippen LogP contribution in [0.25, 0.3) is 0 Å². The molecule has 0 spiro atoms. The lowest BCUT2D eigenvalue weighted by atomic mass is 10.1. The summed E-state index contributed by atoms with van der Waals surface area (Å²) in [6.45, 7) is 8.47. The highest BCUT2D eigenvalue weighted by Crippen LogP contribution is 2.14. The molecule has 0 aromatic heterocycles. The zero-order valence-electron chi connectivity index (χ0n) is 12.1. The number of piperazine rings is 1. The molecule has 1 aliphatic rings. The number of hydrogen-bond acceptors (Lipinski definition) is 4. The van der Waals surface area contributed by atoms with Crippen LogP contribution in [0.15, 0.2) is 18.2 Å². The van der Waals surface area contributed by atoms with Gasteiger partial charge in [-0.25, -0.2) is 0 Å². The van der Waals surface area contributed by atoms with Crippen LogP contribution in [0.1, 0.15) is 22.3 Å². The summed E-state index contributed by atoms with van der Waals surface area (Å²) in [4.78, 5) is 13.6. The second-order valence-electron chi connectivity index (χ2n) is 5.27. The number of benzene rings is 1. The van der Waals surface area contributed by atoms with Gasteiger partial charge < -0.3 is 21.3 Å². The highest BCUT2D eigenvalue weighted by Gasteiger charge is 2.08. The molecule has 5 nitrogen and oxygen atoms in total.